The third-order valence-corrected chi connectivity index (χ3v) is 1.51. The van der Waals surface area contributed by atoms with E-state index in [-0.39, 0.29) is 18.4 Å². The van der Waals surface area contributed by atoms with Crippen molar-refractivity contribution in [1.29, 1.82) is 0 Å². The summed E-state index contributed by atoms with van der Waals surface area (Å²) in [6.07, 6.45) is 3.22. The predicted molar refractivity (Wildman–Crippen MR) is 39.8 cm³/mol. The smallest absolute Gasteiger partial charge is 0.247 e. The Morgan fingerprint density at radius 3 is 3.00 bits per heavy atom. The highest BCUT2D eigenvalue weighted by molar-refractivity contribution is 5.93. The summed E-state index contributed by atoms with van der Waals surface area (Å²) in [5.41, 5.74) is 0. The van der Waals surface area contributed by atoms with E-state index in [0.29, 0.717) is 6.54 Å². The molecule has 0 saturated heterocycles. The molecule has 0 aromatic rings. The lowest BCUT2D eigenvalue weighted by atomic mass is 10.5. The number of nitrogens with zero attached hydrogens (tertiary/aromatic N) is 1. The topological polar surface area (TPSA) is 49.4 Å². The highest BCUT2D eigenvalue weighted by Crippen LogP contribution is 1.99. The van der Waals surface area contributed by atoms with Crippen LogP contribution in [0, 0.1) is 0 Å². The maximum absolute atomic E-state index is 10.9. The summed E-state index contributed by atoms with van der Waals surface area (Å²) >= 11 is 0. The Hall–Kier alpha value is -1.32. The number of rotatable bonds is 2. The molecule has 11 heavy (non-hydrogen) atoms. The highest BCUT2D eigenvalue weighted by atomic mass is 16.2. The van der Waals surface area contributed by atoms with E-state index in [4.69, 9.17) is 0 Å². The van der Waals surface area contributed by atoms with Gasteiger partial charge in [0.1, 0.15) is 6.54 Å². The van der Waals surface area contributed by atoms with E-state index < -0.39 is 0 Å². The van der Waals surface area contributed by atoms with Gasteiger partial charge >= 0.3 is 0 Å². The summed E-state index contributed by atoms with van der Waals surface area (Å²) in [5.74, 6) is -0.226. The van der Waals surface area contributed by atoms with E-state index in [1.54, 1.807) is 13.1 Å². The number of hydrogen-bond acceptors (Lipinski definition) is 2. The maximum Gasteiger partial charge on any atom is 0.247 e. The summed E-state index contributed by atoms with van der Waals surface area (Å²) in [5, 5.41) is 2.45. The van der Waals surface area contributed by atoms with Gasteiger partial charge in [-0.1, -0.05) is 6.08 Å². The number of carbonyl (C=O) groups is 2. The van der Waals surface area contributed by atoms with E-state index >= 15 is 0 Å². The van der Waals surface area contributed by atoms with Crippen LogP contribution in [0.2, 0.25) is 0 Å². The molecule has 2 amide bonds. The van der Waals surface area contributed by atoms with Crippen LogP contribution >= 0.6 is 0 Å². The van der Waals surface area contributed by atoms with Crippen LogP contribution in [-0.2, 0) is 9.59 Å². The number of amides is 2. The molecule has 60 valence electrons. The van der Waals surface area contributed by atoms with Crippen LogP contribution in [0.5, 0.6) is 0 Å². The van der Waals surface area contributed by atoms with Crippen molar-refractivity contribution in [1.82, 2.24) is 10.2 Å². The van der Waals surface area contributed by atoms with E-state index in [9.17, 15) is 9.59 Å². The normalized spacial score (nSPS) is 15.7. The first kappa shape index (κ1) is 7.78. The van der Waals surface area contributed by atoms with Gasteiger partial charge in [-0.05, 0) is 0 Å². The molecule has 1 N–H and O–H groups in total. The third-order valence-electron chi connectivity index (χ3n) is 1.51. The van der Waals surface area contributed by atoms with Crippen LogP contribution in [0.15, 0.2) is 12.2 Å². The summed E-state index contributed by atoms with van der Waals surface area (Å²) in [6.45, 7) is 0.703. The van der Waals surface area contributed by atoms with Crippen molar-refractivity contribution in [3.05, 3.63) is 12.2 Å². The molecule has 1 aliphatic heterocycles. The predicted octanol–water partition coefficient (Wildman–Crippen LogP) is -0.869. The SMILES string of the molecule is CNC(=O)CN1CC=CC1=O. The molecule has 0 unspecified atom stereocenters. The molecule has 0 bridgehead atoms. The van der Waals surface area contributed by atoms with Crippen molar-refractivity contribution in [2.24, 2.45) is 0 Å². The Labute approximate surface area is 64.9 Å². The first-order valence-corrected chi connectivity index (χ1v) is 3.40. The van der Waals surface area contributed by atoms with Crippen molar-refractivity contribution < 1.29 is 9.59 Å². The summed E-state index contributed by atoms with van der Waals surface area (Å²) in [7, 11) is 1.55. The van der Waals surface area contributed by atoms with Crippen molar-refractivity contribution in [2.45, 2.75) is 0 Å². The second-order valence-corrected chi connectivity index (χ2v) is 2.29. The number of likely N-dealkylation sites (N-methyl/N-ethyl adjacent to an activating group) is 1. The monoisotopic (exact) mass is 154 g/mol. The lowest BCUT2D eigenvalue weighted by Gasteiger charge is -2.13. The molecule has 4 nitrogen and oxygen atoms in total. The fourth-order valence-corrected chi connectivity index (χ4v) is 0.871. The quantitative estimate of drug-likeness (QED) is 0.562. The van der Waals surface area contributed by atoms with E-state index in [0.717, 1.165) is 0 Å². The molecule has 1 aliphatic rings. The van der Waals surface area contributed by atoms with Crippen molar-refractivity contribution in [3.63, 3.8) is 0 Å². The molecule has 0 fully saturated rings. The zero-order valence-electron chi connectivity index (χ0n) is 6.33. The van der Waals surface area contributed by atoms with Gasteiger partial charge in [0.2, 0.25) is 11.8 Å². The lowest BCUT2D eigenvalue weighted by molar-refractivity contribution is -0.130. The molecule has 4 heteroatoms. The molecule has 0 radical (unpaired) electrons. The van der Waals surface area contributed by atoms with E-state index in [1.165, 1.54) is 11.0 Å². The molecule has 0 atom stereocenters. The Bertz CT molecular complexity index is 210. The Morgan fingerprint density at radius 2 is 2.55 bits per heavy atom. The van der Waals surface area contributed by atoms with Crippen LogP contribution in [-0.4, -0.2) is 36.9 Å². The van der Waals surface area contributed by atoms with Gasteiger partial charge in [-0.2, -0.15) is 0 Å². The Balaban J connectivity index is 2.39. The van der Waals surface area contributed by atoms with Crippen LogP contribution in [0.1, 0.15) is 0 Å². The summed E-state index contributed by atoms with van der Waals surface area (Å²) in [6, 6.07) is 0. The van der Waals surface area contributed by atoms with Crippen molar-refractivity contribution in [3.8, 4) is 0 Å². The second kappa shape index (κ2) is 3.18. The van der Waals surface area contributed by atoms with Crippen LogP contribution < -0.4 is 5.32 Å². The largest absolute Gasteiger partial charge is 0.358 e. The molecule has 0 spiro atoms. The molecular formula is C7H10N2O2. The third kappa shape index (κ3) is 1.80. The second-order valence-electron chi connectivity index (χ2n) is 2.29. The average Bonchev–Trinajstić information content (AvgIpc) is 2.37. The number of nitrogens with one attached hydrogen (secondary N) is 1. The summed E-state index contributed by atoms with van der Waals surface area (Å²) < 4.78 is 0. The van der Waals surface area contributed by atoms with Crippen LogP contribution in [0.4, 0.5) is 0 Å². The zero-order valence-corrected chi connectivity index (χ0v) is 6.33. The maximum atomic E-state index is 10.9. The van der Waals surface area contributed by atoms with Crippen LogP contribution in [0.3, 0.4) is 0 Å². The van der Waals surface area contributed by atoms with E-state index in [2.05, 4.69) is 5.32 Å². The molecule has 0 aromatic heterocycles. The van der Waals surface area contributed by atoms with E-state index in [1.807, 2.05) is 0 Å². The number of carbonyl (C=O) groups excluding carboxylic acids is 2. The Kier molecular flexibility index (Phi) is 2.25. The van der Waals surface area contributed by atoms with Gasteiger partial charge in [-0.15, -0.1) is 0 Å². The minimum absolute atomic E-state index is 0.0893. The van der Waals surface area contributed by atoms with Gasteiger partial charge in [0.05, 0.1) is 0 Å². The first-order chi connectivity index (χ1) is 5.24. The first-order valence-electron chi connectivity index (χ1n) is 3.40. The van der Waals surface area contributed by atoms with Gasteiger partial charge in [-0.3, -0.25) is 9.59 Å². The van der Waals surface area contributed by atoms with Gasteiger partial charge in [0, 0.05) is 19.7 Å². The molecular weight excluding hydrogens is 144 g/mol. The molecule has 1 rings (SSSR count). The number of hydrogen-bond donors (Lipinski definition) is 1. The van der Waals surface area contributed by atoms with Gasteiger partial charge in [0.25, 0.3) is 0 Å². The standard InChI is InChI=1S/C7H10N2O2/c1-8-6(10)5-9-4-2-3-7(9)11/h2-3H,4-5H2,1H3,(H,8,10). The average molecular weight is 154 g/mol. The molecule has 0 aliphatic carbocycles. The Morgan fingerprint density at radius 1 is 1.82 bits per heavy atom. The van der Waals surface area contributed by atoms with Crippen LogP contribution in [0.25, 0.3) is 0 Å². The molecule has 1 heterocycles. The van der Waals surface area contributed by atoms with Crippen molar-refractivity contribution in [2.75, 3.05) is 20.1 Å². The van der Waals surface area contributed by atoms with Gasteiger partial charge < -0.3 is 10.2 Å². The van der Waals surface area contributed by atoms with Crippen molar-refractivity contribution >= 4 is 11.8 Å². The zero-order chi connectivity index (χ0) is 8.27. The van der Waals surface area contributed by atoms with Gasteiger partial charge in [0.15, 0.2) is 0 Å². The summed E-state index contributed by atoms with van der Waals surface area (Å²) in [4.78, 5) is 23.1. The lowest BCUT2D eigenvalue weighted by Crippen LogP contribution is -2.36. The highest BCUT2D eigenvalue weighted by Gasteiger charge is 2.16. The molecule has 0 saturated carbocycles. The fourth-order valence-electron chi connectivity index (χ4n) is 0.871. The minimum atomic E-state index is -0.137. The molecule has 0 aromatic carbocycles. The van der Waals surface area contributed by atoms with Gasteiger partial charge in [-0.25, -0.2) is 0 Å². The fraction of sp³-hybridized carbons (Fsp3) is 0.429. The minimum Gasteiger partial charge on any atom is -0.358 e.